The van der Waals surface area contributed by atoms with E-state index in [4.69, 9.17) is 4.74 Å². The van der Waals surface area contributed by atoms with Crippen LogP contribution in [0.4, 0.5) is 0 Å². The van der Waals surface area contributed by atoms with E-state index >= 15 is 0 Å². The van der Waals surface area contributed by atoms with Crippen molar-refractivity contribution in [2.45, 2.75) is 18.9 Å². The van der Waals surface area contributed by atoms with Crippen LogP contribution in [-0.4, -0.2) is 53.6 Å². The quantitative estimate of drug-likeness (QED) is 0.809. The van der Waals surface area contributed by atoms with Gasteiger partial charge < -0.3 is 15.0 Å². The third-order valence-corrected chi connectivity index (χ3v) is 4.31. The van der Waals surface area contributed by atoms with E-state index in [1.165, 1.54) is 5.56 Å². The number of nitrogens with zero attached hydrogens (tertiary/aromatic N) is 2. The fraction of sp³-hybridized carbons (Fsp3) is 0.444. The zero-order valence-corrected chi connectivity index (χ0v) is 13.8. The van der Waals surface area contributed by atoms with E-state index in [0.717, 1.165) is 32.1 Å². The molecule has 0 radical (unpaired) electrons. The summed E-state index contributed by atoms with van der Waals surface area (Å²) in [5.74, 6) is 0.901. The number of H-pyrrole nitrogens is 1. The van der Waals surface area contributed by atoms with Crippen LogP contribution < -0.4 is 5.32 Å². The van der Waals surface area contributed by atoms with Gasteiger partial charge in [0.1, 0.15) is 5.82 Å². The molecule has 6 heteroatoms. The molecule has 2 aromatic rings. The topological polar surface area (TPSA) is 70.2 Å². The molecule has 1 aliphatic heterocycles. The summed E-state index contributed by atoms with van der Waals surface area (Å²) in [5.41, 5.74) is 1.23. The van der Waals surface area contributed by atoms with E-state index in [1.807, 2.05) is 18.2 Å². The Morgan fingerprint density at radius 2 is 2.08 bits per heavy atom. The van der Waals surface area contributed by atoms with Gasteiger partial charge in [-0.3, -0.25) is 9.69 Å². The number of nitrogens with one attached hydrogen (secondary N) is 2. The summed E-state index contributed by atoms with van der Waals surface area (Å²) in [6.07, 6.45) is 4.55. The highest BCUT2D eigenvalue weighted by Crippen LogP contribution is 2.21. The highest BCUT2D eigenvalue weighted by atomic mass is 16.5. The molecule has 0 aliphatic carbocycles. The van der Waals surface area contributed by atoms with Gasteiger partial charge in [-0.05, 0) is 5.56 Å². The molecule has 1 aliphatic rings. The lowest BCUT2D eigenvalue weighted by Crippen LogP contribution is -2.43. The Labute approximate surface area is 142 Å². The highest BCUT2D eigenvalue weighted by Gasteiger charge is 2.22. The number of aryl methyl sites for hydroxylation is 1. The van der Waals surface area contributed by atoms with Gasteiger partial charge in [0.05, 0.1) is 19.3 Å². The molecule has 1 atom stereocenters. The second kappa shape index (κ2) is 8.61. The number of benzene rings is 1. The molecule has 0 spiro atoms. The van der Waals surface area contributed by atoms with E-state index in [0.29, 0.717) is 19.4 Å². The molecule has 0 unspecified atom stereocenters. The molecular weight excluding hydrogens is 304 g/mol. The molecule has 2 heterocycles. The summed E-state index contributed by atoms with van der Waals surface area (Å²) in [5, 5.41) is 3.08. The van der Waals surface area contributed by atoms with Gasteiger partial charge in [-0.15, -0.1) is 0 Å². The zero-order chi connectivity index (χ0) is 16.6. The van der Waals surface area contributed by atoms with Crippen molar-refractivity contribution in [3.8, 4) is 0 Å². The first-order valence-corrected chi connectivity index (χ1v) is 8.44. The summed E-state index contributed by atoms with van der Waals surface area (Å²) >= 11 is 0. The van der Waals surface area contributed by atoms with Gasteiger partial charge in [-0.1, -0.05) is 30.3 Å². The third-order valence-electron chi connectivity index (χ3n) is 4.31. The fourth-order valence-corrected chi connectivity index (χ4v) is 2.99. The number of carbonyl (C=O) groups is 1. The summed E-state index contributed by atoms with van der Waals surface area (Å²) < 4.78 is 5.45. The molecule has 3 rings (SSSR count). The number of amides is 1. The molecule has 1 amide bonds. The number of morpholine rings is 1. The lowest BCUT2D eigenvalue weighted by atomic mass is 10.0. The predicted octanol–water partition coefficient (Wildman–Crippen LogP) is 1.53. The number of rotatable bonds is 7. The van der Waals surface area contributed by atoms with Crippen molar-refractivity contribution in [2.75, 3.05) is 32.8 Å². The predicted molar refractivity (Wildman–Crippen MR) is 91.5 cm³/mol. The number of carbonyl (C=O) groups excluding carboxylic acids is 1. The molecule has 2 N–H and O–H groups in total. The van der Waals surface area contributed by atoms with Gasteiger partial charge in [0.15, 0.2) is 0 Å². The van der Waals surface area contributed by atoms with Gasteiger partial charge in [0.2, 0.25) is 5.91 Å². The molecule has 0 saturated carbocycles. The average Bonchev–Trinajstić information content (AvgIpc) is 3.16. The normalized spacial score (nSPS) is 16.7. The van der Waals surface area contributed by atoms with Gasteiger partial charge in [-0.2, -0.15) is 0 Å². The Kier molecular flexibility index (Phi) is 5.98. The Morgan fingerprint density at radius 1 is 1.29 bits per heavy atom. The van der Waals surface area contributed by atoms with E-state index in [2.05, 4.69) is 32.3 Å². The Morgan fingerprint density at radius 3 is 2.79 bits per heavy atom. The van der Waals surface area contributed by atoms with Crippen LogP contribution in [0.2, 0.25) is 0 Å². The van der Waals surface area contributed by atoms with Gasteiger partial charge >= 0.3 is 0 Å². The van der Waals surface area contributed by atoms with Crippen molar-refractivity contribution in [1.82, 2.24) is 20.2 Å². The van der Waals surface area contributed by atoms with Crippen molar-refractivity contribution in [3.63, 3.8) is 0 Å². The van der Waals surface area contributed by atoms with Crippen molar-refractivity contribution in [3.05, 3.63) is 54.1 Å². The molecule has 0 bridgehead atoms. The number of hydrogen-bond donors (Lipinski definition) is 2. The molecule has 1 fully saturated rings. The van der Waals surface area contributed by atoms with Crippen LogP contribution in [0.25, 0.3) is 0 Å². The summed E-state index contributed by atoms with van der Waals surface area (Å²) in [6, 6.07) is 10.5. The van der Waals surface area contributed by atoms with E-state index in [-0.39, 0.29) is 11.9 Å². The average molecular weight is 328 g/mol. The second-order valence-corrected chi connectivity index (χ2v) is 5.91. The fourth-order valence-electron chi connectivity index (χ4n) is 2.99. The van der Waals surface area contributed by atoms with Crippen molar-refractivity contribution < 1.29 is 9.53 Å². The maximum absolute atomic E-state index is 12.2. The molecule has 1 aromatic heterocycles. The maximum Gasteiger partial charge on any atom is 0.220 e. The Bertz CT molecular complexity index is 609. The molecule has 1 aromatic carbocycles. The number of aromatic amines is 1. The van der Waals surface area contributed by atoms with Crippen LogP contribution >= 0.6 is 0 Å². The van der Waals surface area contributed by atoms with Crippen LogP contribution in [0, 0.1) is 0 Å². The van der Waals surface area contributed by atoms with E-state index in [1.54, 1.807) is 12.4 Å². The summed E-state index contributed by atoms with van der Waals surface area (Å²) in [6.45, 7) is 3.89. The van der Waals surface area contributed by atoms with Gasteiger partial charge in [0, 0.05) is 44.9 Å². The molecule has 6 nitrogen and oxygen atoms in total. The minimum absolute atomic E-state index is 0.0561. The van der Waals surface area contributed by atoms with Crippen LogP contribution in [0.1, 0.15) is 23.9 Å². The van der Waals surface area contributed by atoms with Gasteiger partial charge in [0.25, 0.3) is 0 Å². The van der Waals surface area contributed by atoms with Crippen LogP contribution in [0.15, 0.2) is 42.7 Å². The van der Waals surface area contributed by atoms with Crippen molar-refractivity contribution in [1.29, 1.82) is 0 Å². The maximum atomic E-state index is 12.2. The van der Waals surface area contributed by atoms with Crippen LogP contribution in [0.5, 0.6) is 0 Å². The number of hydrogen-bond acceptors (Lipinski definition) is 4. The molecule has 128 valence electrons. The lowest BCUT2D eigenvalue weighted by molar-refractivity contribution is -0.121. The summed E-state index contributed by atoms with van der Waals surface area (Å²) in [4.78, 5) is 21.7. The molecular formula is C18H24N4O2. The minimum Gasteiger partial charge on any atom is -0.379 e. The number of ether oxygens (including phenoxy) is 1. The van der Waals surface area contributed by atoms with Crippen LogP contribution in [0.3, 0.4) is 0 Å². The highest BCUT2D eigenvalue weighted by molar-refractivity contribution is 5.76. The smallest absolute Gasteiger partial charge is 0.220 e. The van der Waals surface area contributed by atoms with Gasteiger partial charge in [-0.25, -0.2) is 4.98 Å². The van der Waals surface area contributed by atoms with E-state index in [9.17, 15) is 4.79 Å². The first-order valence-electron chi connectivity index (χ1n) is 8.44. The Hall–Kier alpha value is -2.18. The first kappa shape index (κ1) is 16.7. The third kappa shape index (κ3) is 4.66. The van der Waals surface area contributed by atoms with E-state index < -0.39 is 0 Å². The minimum atomic E-state index is 0.0561. The monoisotopic (exact) mass is 328 g/mol. The van der Waals surface area contributed by atoms with Crippen molar-refractivity contribution in [2.24, 2.45) is 0 Å². The number of imidazole rings is 1. The first-order chi connectivity index (χ1) is 11.8. The largest absolute Gasteiger partial charge is 0.379 e. The lowest BCUT2D eigenvalue weighted by Gasteiger charge is -2.35. The van der Waals surface area contributed by atoms with Crippen molar-refractivity contribution >= 4 is 5.91 Å². The van der Waals surface area contributed by atoms with Crippen LogP contribution in [-0.2, 0) is 16.0 Å². The molecule has 1 saturated heterocycles. The summed E-state index contributed by atoms with van der Waals surface area (Å²) in [7, 11) is 0. The second-order valence-electron chi connectivity index (χ2n) is 5.91. The Balaban J connectivity index is 1.56. The zero-order valence-electron chi connectivity index (χ0n) is 13.8. The SMILES string of the molecule is O=C(CCc1ncc[nH]1)NC[C@@H](c1ccccc1)N1CCOCC1. The molecule has 24 heavy (non-hydrogen) atoms. The number of aromatic nitrogens is 2. The standard InChI is InChI=1S/C18H24N4O2/c23-18(7-6-17-19-8-9-20-17)21-14-16(15-4-2-1-3-5-15)22-10-12-24-13-11-22/h1-5,8-9,16H,6-7,10-14H2,(H,19,20)(H,21,23)/t16-/m0/s1.